The first-order chi connectivity index (χ1) is 8.22. The Morgan fingerprint density at radius 1 is 1.65 bits per heavy atom. The molecule has 2 rings (SSSR count). The van der Waals surface area contributed by atoms with Crippen LogP contribution in [-0.4, -0.2) is 43.2 Å². The molecule has 0 atom stereocenters. The van der Waals surface area contributed by atoms with Crippen LogP contribution in [0.2, 0.25) is 0 Å². The molecule has 0 radical (unpaired) electrons. The van der Waals surface area contributed by atoms with Gasteiger partial charge in [0.2, 0.25) is 5.95 Å². The third-order valence-electron chi connectivity index (χ3n) is 1.91. The summed E-state index contributed by atoms with van der Waals surface area (Å²) in [6.45, 7) is 0.228. The van der Waals surface area contributed by atoms with Crippen LogP contribution in [0.3, 0.4) is 0 Å². The standard InChI is InChI=1S/C8H11N5O3S/c9-8-11-6-5(7(15)12-8)10-3-13(6)17-4-16-2-1-14/h3,14H,1-2,4H2,(H3,9,11,12,15). The van der Waals surface area contributed by atoms with Crippen molar-refractivity contribution in [2.75, 3.05) is 24.9 Å². The number of nitrogens with zero attached hydrogens (tertiary/aromatic N) is 3. The number of hydrogen-bond acceptors (Lipinski definition) is 7. The molecule has 0 fully saturated rings. The van der Waals surface area contributed by atoms with Gasteiger partial charge in [0.1, 0.15) is 12.3 Å². The molecule has 0 aliphatic carbocycles. The highest BCUT2D eigenvalue weighted by Crippen LogP contribution is 2.14. The number of hydrogen-bond donors (Lipinski definition) is 3. The minimum Gasteiger partial charge on any atom is -0.394 e. The molecule has 92 valence electrons. The zero-order valence-corrected chi connectivity index (χ0v) is 9.61. The lowest BCUT2D eigenvalue weighted by Crippen LogP contribution is -2.11. The van der Waals surface area contributed by atoms with Crippen molar-refractivity contribution in [3.8, 4) is 0 Å². The number of nitrogens with two attached hydrogens (primary N) is 1. The van der Waals surface area contributed by atoms with Gasteiger partial charge in [-0.05, 0) is 11.9 Å². The predicted molar refractivity (Wildman–Crippen MR) is 63.5 cm³/mol. The second kappa shape index (κ2) is 5.17. The Bertz CT molecular complexity index is 566. The molecule has 0 aliphatic heterocycles. The molecule has 0 amide bonds. The second-order valence-electron chi connectivity index (χ2n) is 3.07. The zero-order chi connectivity index (χ0) is 12.3. The Balaban J connectivity index is 2.21. The minimum atomic E-state index is -0.372. The fraction of sp³-hybridized carbons (Fsp3) is 0.375. The van der Waals surface area contributed by atoms with E-state index in [-0.39, 0.29) is 30.2 Å². The number of nitrogen functional groups attached to an aromatic ring is 1. The summed E-state index contributed by atoms with van der Waals surface area (Å²) in [5.74, 6) is 0.363. The third kappa shape index (κ3) is 2.57. The van der Waals surface area contributed by atoms with E-state index in [4.69, 9.17) is 15.6 Å². The van der Waals surface area contributed by atoms with E-state index in [1.807, 2.05) is 0 Å². The molecule has 0 saturated heterocycles. The monoisotopic (exact) mass is 257 g/mol. The van der Waals surface area contributed by atoms with Crippen molar-refractivity contribution in [2.24, 2.45) is 0 Å². The molecule has 0 aromatic carbocycles. The van der Waals surface area contributed by atoms with E-state index in [9.17, 15) is 4.79 Å². The summed E-state index contributed by atoms with van der Waals surface area (Å²) in [5.41, 5.74) is 5.70. The number of H-pyrrole nitrogens is 1. The van der Waals surface area contributed by atoms with Gasteiger partial charge in [-0.3, -0.25) is 13.8 Å². The number of aliphatic hydroxyl groups excluding tert-OH is 1. The van der Waals surface area contributed by atoms with Gasteiger partial charge >= 0.3 is 0 Å². The van der Waals surface area contributed by atoms with Gasteiger partial charge in [0.15, 0.2) is 11.2 Å². The van der Waals surface area contributed by atoms with Crippen LogP contribution in [0.4, 0.5) is 5.95 Å². The average Bonchev–Trinajstić information content (AvgIpc) is 2.68. The molecule has 0 spiro atoms. The molecule has 9 heteroatoms. The van der Waals surface area contributed by atoms with E-state index in [2.05, 4.69) is 15.0 Å². The van der Waals surface area contributed by atoms with Crippen molar-refractivity contribution in [2.45, 2.75) is 0 Å². The smallest absolute Gasteiger partial charge is 0.280 e. The first-order valence-corrected chi connectivity index (χ1v) is 5.71. The van der Waals surface area contributed by atoms with Crippen molar-refractivity contribution in [3.05, 3.63) is 16.7 Å². The molecule has 0 unspecified atom stereocenters. The maximum absolute atomic E-state index is 11.5. The molecule has 0 saturated carbocycles. The van der Waals surface area contributed by atoms with Gasteiger partial charge in [0.25, 0.3) is 5.56 Å². The average molecular weight is 257 g/mol. The number of imidazole rings is 1. The fourth-order valence-electron chi connectivity index (χ4n) is 1.22. The van der Waals surface area contributed by atoms with Gasteiger partial charge in [-0.2, -0.15) is 4.98 Å². The number of fused-ring (bicyclic) bond motifs is 1. The zero-order valence-electron chi connectivity index (χ0n) is 8.79. The van der Waals surface area contributed by atoms with Crippen molar-refractivity contribution < 1.29 is 9.84 Å². The summed E-state index contributed by atoms with van der Waals surface area (Å²) in [7, 11) is 0. The predicted octanol–water partition coefficient (Wildman–Crippen LogP) is -0.836. The summed E-state index contributed by atoms with van der Waals surface area (Å²) in [6, 6.07) is 0. The quantitative estimate of drug-likeness (QED) is 0.472. The lowest BCUT2D eigenvalue weighted by atomic mass is 10.5. The van der Waals surface area contributed by atoms with Gasteiger partial charge in [-0.25, -0.2) is 4.98 Å². The SMILES string of the molecule is Nc1nc2c(ncn2SCOCCO)c(=O)[nH]1. The maximum atomic E-state index is 11.5. The van der Waals surface area contributed by atoms with Gasteiger partial charge in [0.05, 0.1) is 13.2 Å². The summed E-state index contributed by atoms with van der Waals surface area (Å²) in [5, 5.41) is 8.54. The number of aliphatic hydroxyl groups is 1. The topological polar surface area (TPSA) is 119 Å². The largest absolute Gasteiger partial charge is 0.394 e. The summed E-state index contributed by atoms with van der Waals surface area (Å²) in [4.78, 5) is 21.8. The summed E-state index contributed by atoms with van der Waals surface area (Å²) < 4.78 is 6.68. The molecular weight excluding hydrogens is 246 g/mol. The Morgan fingerprint density at radius 2 is 2.47 bits per heavy atom. The van der Waals surface area contributed by atoms with Crippen LogP contribution in [0.5, 0.6) is 0 Å². The Morgan fingerprint density at radius 3 is 3.24 bits per heavy atom. The van der Waals surface area contributed by atoms with E-state index in [0.717, 1.165) is 0 Å². The number of anilines is 1. The van der Waals surface area contributed by atoms with Crippen molar-refractivity contribution >= 4 is 29.1 Å². The Kier molecular flexibility index (Phi) is 3.61. The van der Waals surface area contributed by atoms with E-state index < -0.39 is 0 Å². The molecule has 0 aliphatic rings. The first kappa shape index (κ1) is 11.9. The van der Waals surface area contributed by atoms with Gasteiger partial charge in [-0.1, -0.05) is 0 Å². The van der Waals surface area contributed by atoms with Crippen LogP contribution in [0.1, 0.15) is 0 Å². The van der Waals surface area contributed by atoms with Crippen LogP contribution < -0.4 is 11.3 Å². The molecule has 4 N–H and O–H groups in total. The van der Waals surface area contributed by atoms with Crippen LogP contribution in [0, 0.1) is 0 Å². The number of aromatic nitrogens is 4. The van der Waals surface area contributed by atoms with Crippen LogP contribution >= 0.6 is 11.9 Å². The number of ether oxygens (including phenoxy) is 1. The molecule has 8 nitrogen and oxygen atoms in total. The molecule has 0 bridgehead atoms. The van der Waals surface area contributed by atoms with E-state index in [0.29, 0.717) is 11.6 Å². The van der Waals surface area contributed by atoms with Gasteiger partial charge < -0.3 is 15.6 Å². The Labute approximate surface area is 100.0 Å². The van der Waals surface area contributed by atoms with Crippen molar-refractivity contribution in [3.63, 3.8) is 0 Å². The highest BCUT2D eigenvalue weighted by Gasteiger charge is 2.09. The van der Waals surface area contributed by atoms with Crippen LogP contribution in [0.25, 0.3) is 11.2 Å². The van der Waals surface area contributed by atoms with Gasteiger partial charge in [-0.15, -0.1) is 0 Å². The van der Waals surface area contributed by atoms with Crippen LogP contribution in [0.15, 0.2) is 11.1 Å². The number of aromatic amines is 1. The summed E-state index contributed by atoms with van der Waals surface area (Å²) in [6.07, 6.45) is 1.47. The first-order valence-electron chi connectivity index (χ1n) is 4.77. The second-order valence-corrected chi connectivity index (χ2v) is 3.96. The van der Waals surface area contributed by atoms with Crippen molar-refractivity contribution in [1.29, 1.82) is 0 Å². The molecule has 17 heavy (non-hydrogen) atoms. The lowest BCUT2D eigenvalue weighted by molar-refractivity contribution is 0.125. The Hall–Kier alpha value is -1.58. The fourth-order valence-corrected chi connectivity index (χ4v) is 1.89. The highest BCUT2D eigenvalue weighted by molar-refractivity contribution is 7.97. The maximum Gasteiger partial charge on any atom is 0.280 e. The highest BCUT2D eigenvalue weighted by atomic mass is 32.2. The van der Waals surface area contributed by atoms with E-state index in [1.165, 1.54) is 18.3 Å². The third-order valence-corrected chi connectivity index (χ3v) is 2.72. The molecule has 2 aromatic heterocycles. The molecule has 2 aromatic rings. The van der Waals surface area contributed by atoms with E-state index in [1.54, 1.807) is 3.97 Å². The summed E-state index contributed by atoms with van der Waals surface area (Å²) >= 11 is 1.26. The van der Waals surface area contributed by atoms with Gasteiger partial charge in [0, 0.05) is 0 Å². The van der Waals surface area contributed by atoms with E-state index >= 15 is 0 Å². The molecular formula is C8H11N5O3S. The number of nitrogens with one attached hydrogen (secondary N) is 1. The normalized spacial score (nSPS) is 11.1. The lowest BCUT2D eigenvalue weighted by Gasteiger charge is -2.03. The number of rotatable bonds is 5. The molecule has 2 heterocycles. The minimum absolute atomic E-state index is 0.0316. The van der Waals surface area contributed by atoms with Crippen molar-refractivity contribution in [1.82, 2.24) is 18.9 Å². The van der Waals surface area contributed by atoms with Crippen LogP contribution in [-0.2, 0) is 4.74 Å².